The summed E-state index contributed by atoms with van der Waals surface area (Å²) in [4.78, 5) is 14.8. The normalized spacial score (nSPS) is 20.6. The topological polar surface area (TPSA) is 23.6 Å². The molecule has 1 amide bonds. The van der Waals surface area contributed by atoms with Gasteiger partial charge in [-0.15, -0.1) is 0 Å². The lowest BCUT2D eigenvalue weighted by Crippen LogP contribution is -2.45. The van der Waals surface area contributed by atoms with Gasteiger partial charge in [-0.2, -0.15) is 0 Å². The molecule has 1 saturated heterocycles. The van der Waals surface area contributed by atoms with Crippen LogP contribution in [0.15, 0.2) is 0 Å². The van der Waals surface area contributed by atoms with Crippen LogP contribution < -0.4 is 0 Å². The van der Waals surface area contributed by atoms with E-state index in [4.69, 9.17) is 0 Å². The standard InChI is InChI=1S/C10H20N2O/c1-9(2)12-6-4-10(5-7-12)11(3)8-13/h8-10H,4-7H2,1-3H3. The van der Waals surface area contributed by atoms with Crippen LogP contribution in [0.3, 0.4) is 0 Å². The fourth-order valence-electron chi connectivity index (χ4n) is 1.90. The van der Waals surface area contributed by atoms with Crippen molar-refractivity contribution in [3.05, 3.63) is 0 Å². The second-order valence-corrected chi connectivity index (χ2v) is 4.13. The van der Waals surface area contributed by atoms with Gasteiger partial charge in [-0.1, -0.05) is 0 Å². The van der Waals surface area contributed by atoms with Gasteiger partial charge in [-0.25, -0.2) is 0 Å². The van der Waals surface area contributed by atoms with Gasteiger partial charge in [-0.3, -0.25) is 4.79 Å². The smallest absolute Gasteiger partial charge is 0.209 e. The van der Waals surface area contributed by atoms with Gasteiger partial charge >= 0.3 is 0 Å². The van der Waals surface area contributed by atoms with Crippen molar-refractivity contribution in [3.63, 3.8) is 0 Å². The summed E-state index contributed by atoms with van der Waals surface area (Å²) < 4.78 is 0. The maximum atomic E-state index is 10.5. The highest BCUT2D eigenvalue weighted by molar-refractivity contribution is 5.47. The fourth-order valence-corrected chi connectivity index (χ4v) is 1.90. The molecule has 0 aliphatic carbocycles. The number of nitrogens with zero attached hydrogens (tertiary/aromatic N) is 2. The van der Waals surface area contributed by atoms with Crippen molar-refractivity contribution in [3.8, 4) is 0 Å². The van der Waals surface area contributed by atoms with E-state index in [9.17, 15) is 4.79 Å². The highest BCUT2D eigenvalue weighted by atomic mass is 16.1. The van der Waals surface area contributed by atoms with Crippen molar-refractivity contribution in [2.24, 2.45) is 0 Å². The van der Waals surface area contributed by atoms with Gasteiger partial charge in [0.15, 0.2) is 0 Å². The first-order valence-electron chi connectivity index (χ1n) is 5.06. The van der Waals surface area contributed by atoms with E-state index >= 15 is 0 Å². The molecule has 1 aliphatic heterocycles. The molecule has 1 rings (SSSR count). The number of hydrogen-bond donors (Lipinski definition) is 0. The summed E-state index contributed by atoms with van der Waals surface area (Å²) in [7, 11) is 1.88. The number of hydrogen-bond acceptors (Lipinski definition) is 2. The molecule has 13 heavy (non-hydrogen) atoms. The Morgan fingerprint density at radius 3 is 2.31 bits per heavy atom. The van der Waals surface area contributed by atoms with Crippen LogP contribution in [-0.4, -0.2) is 48.4 Å². The van der Waals surface area contributed by atoms with Crippen molar-refractivity contribution in [2.45, 2.75) is 38.8 Å². The van der Waals surface area contributed by atoms with Crippen LogP contribution in [-0.2, 0) is 4.79 Å². The molecule has 1 heterocycles. The Hall–Kier alpha value is -0.570. The number of amides is 1. The first-order chi connectivity index (χ1) is 6.15. The Balaban J connectivity index is 2.34. The van der Waals surface area contributed by atoms with Crippen LogP contribution in [0.5, 0.6) is 0 Å². The Bertz CT molecular complexity index is 162. The van der Waals surface area contributed by atoms with E-state index in [1.807, 2.05) is 7.05 Å². The number of carbonyl (C=O) groups excluding carboxylic acids is 1. The number of piperidine rings is 1. The maximum Gasteiger partial charge on any atom is 0.209 e. The molecule has 0 aromatic rings. The molecule has 0 aromatic carbocycles. The second kappa shape index (κ2) is 4.61. The van der Waals surface area contributed by atoms with Gasteiger partial charge in [0.05, 0.1) is 0 Å². The molecule has 1 aliphatic rings. The van der Waals surface area contributed by atoms with E-state index in [1.54, 1.807) is 4.90 Å². The van der Waals surface area contributed by atoms with E-state index in [-0.39, 0.29) is 0 Å². The van der Waals surface area contributed by atoms with Crippen molar-refractivity contribution < 1.29 is 4.79 Å². The van der Waals surface area contributed by atoms with Crippen LogP contribution >= 0.6 is 0 Å². The highest BCUT2D eigenvalue weighted by Gasteiger charge is 2.22. The lowest BCUT2D eigenvalue weighted by Gasteiger charge is -2.37. The third-order valence-electron chi connectivity index (χ3n) is 2.97. The lowest BCUT2D eigenvalue weighted by molar-refractivity contribution is -0.119. The molecule has 0 radical (unpaired) electrons. The minimum Gasteiger partial charge on any atom is -0.345 e. The summed E-state index contributed by atoms with van der Waals surface area (Å²) in [6.07, 6.45) is 3.18. The SMILES string of the molecule is CC(C)N1CCC(N(C)C=O)CC1. The molecule has 76 valence electrons. The van der Waals surface area contributed by atoms with Crippen molar-refractivity contribution in [1.29, 1.82) is 0 Å². The monoisotopic (exact) mass is 184 g/mol. The van der Waals surface area contributed by atoms with Crippen molar-refractivity contribution in [2.75, 3.05) is 20.1 Å². The van der Waals surface area contributed by atoms with Gasteiger partial charge in [0.1, 0.15) is 0 Å². The van der Waals surface area contributed by atoms with Gasteiger partial charge in [0, 0.05) is 32.2 Å². The summed E-state index contributed by atoms with van der Waals surface area (Å²) >= 11 is 0. The predicted molar refractivity (Wildman–Crippen MR) is 53.6 cm³/mol. The van der Waals surface area contributed by atoms with Crippen molar-refractivity contribution >= 4 is 6.41 Å². The molecule has 0 N–H and O–H groups in total. The van der Waals surface area contributed by atoms with Crippen LogP contribution in [0.4, 0.5) is 0 Å². The van der Waals surface area contributed by atoms with Crippen molar-refractivity contribution in [1.82, 2.24) is 9.80 Å². The minimum absolute atomic E-state index is 0.465. The molecule has 0 unspecified atom stereocenters. The zero-order chi connectivity index (χ0) is 9.84. The van der Waals surface area contributed by atoms with Gasteiger partial charge < -0.3 is 9.80 Å². The minimum atomic E-state index is 0.465. The van der Waals surface area contributed by atoms with E-state index in [0.717, 1.165) is 32.3 Å². The van der Waals surface area contributed by atoms with Gasteiger partial charge in [-0.05, 0) is 26.7 Å². The summed E-state index contributed by atoms with van der Waals surface area (Å²) in [5, 5.41) is 0. The molecule has 0 bridgehead atoms. The predicted octanol–water partition coefficient (Wildman–Crippen LogP) is 0.947. The molecule has 1 fully saturated rings. The largest absolute Gasteiger partial charge is 0.345 e. The summed E-state index contributed by atoms with van der Waals surface area (Å²) in [5.74, 6) is 0. The Morgan fingerprint density at radius 1 is 1.38 bits per heavy atom. The Labute approximate surface area is 80.7 Å². The molecule has 0 atom stereocenters. The maximum absolute atomic E-state index is 10.5. The molecule has 3 heteroatoms. The van der Waals surface area contributed by atoms with E-state index in [2.05, 4.69) is 18.7 Å². The van der Waals surface area contributed by atoms with Gasteiger partial charge in [0.2, 0.25) is 6.41 Å². The van der Waals surface area contributed by atoms with Crippen LogP contribution in [0.25, 0.3) is 0 Å². The van der Waals surface area contributed by atoms with E-state index < -0.39 is 0 Å². The quantitative estimate of drug-likeness (QED) is 0.610. The number of rotatable bonds is 3. The third kappa shape index (κ3) is 2.69. The zero-order valence-electron chi connectivity index (χ0n) is 8.86. The van der Waals surface area contributed by atoms with Crippen LogP contribution in [0.2, 0.25) is 0 Å². The summed E-state index contributed by atoms with van der Waals surface area (Å²) in [6.45, 7) is 6.70. The molecule has 0 saturated carbocycles. The summed E-state index contributed by atoms with van der Waals surface area (Å²) in [6, 6.07) is 1.11. The molecule has 3 nitrogen and oxygen atoms in total. The zero-order valence-corrected chi connectivity index (χ0v) is 8.86. The third-order valence-corrected chi connectivity index (χ3v) is 2.97. The average molecular weight is 184 g/mol. The molecular weight excluding hydrogens is 164 g/mol. The van der Waals surface area contributed by atoms with Crippen LogP contribution in [0.1, 0.15) is 26.7 Å². The summed E-state index contributed by atoms with van der Waals surface area (Å²) in [5.41, 5.74) is 0. The van der Waals surface area contributed by atoms with Gasteiger partial charge in [0.25, 0.3) is 0 Å². The average Bonchev–Trinajstić information content (AvgIpc) is 2.17. The first kappa shape index (κ1) is 10.5. The Kier molecular flexibility index (Phi) is 3.72. The fraction of sp³-hybridized carbons (Fsp3) is 0.900. The second-order valence-electron chi connectivity index (χ2n) is 4.13. The Morgan fingerprint density at radius 2 is 1.92 bits per heavy atom. The molecule has 0 aromatic heterocycles. The highest BCUT2D eigenvalue weighted by Crippen LogP contribution is 2.15. The molecular formula is C10H20N2O. The first-order valence-corrected chi connectivity index (χ1v) is 5.06. The van der Waals surface area contributed by atoms with E-state index in [0.29, 0.717) is 12.1 Å². The molecule has 0 spiro atoms. The van der Waals surface area contributed by atoms with E-state index in [1.165, 1.54) is 0 Å². The lowest BCUT2D eigenvalue weighted by atomic mass is 10.0. The number of carbonyl (C=O) groups is 1. The van der Waals surface area contributed by atoms with Crippen LogP contribution in [0, 0.1) is 0 Å². The number of likely N-dealkylation sites (tertiary alicyclic amines) is 1.